The molecule has 1 aliphatic heterocycles. The van der Waals surface area contributed by atoms with E-state index in [2.05, 4.69) is 9.98 Å². The number of aromatic nitrogens is 1. The van der Waals surface area contributed by atoms with Gasteiger partial charge < -0.3 is 14.0 Å². The molecule has 0 aliphatic carbocycles. The molecule has 3 aromatic rings. The molecule has 4 rings (SSSR count). The lowest BCUT2D eigenvalue weighted by molar-refractivity contribution is -0.172. The third-order valence-electron chi connectivity index (χ3n) is 5.45. The summed E-state index contributed by atoms with van der Waals surface area (Å²) in [7, 11) is 1.61. The van der Waals surface area contributed by atoms with Gasteiger partial charge in [-0.3, -0.25) is 14.6 Å². The number of nitrogens with zero attached hydrogens (tertiary/aromatic N) is 3. The second kappa shape index (κ2) is 11.8. The number of hydrogen-bond donors (Lipinski definition) is 0. The van der Waals surface area contributed by atoms with E-state index in [1.807, 2.05) is 49.4 Å². The summed E-state index contributed by atoms with van der Waals surface area (Å²) in [5, 5.41) is 0.531. The lowest BCUT2D eigenvalue weighted by Crippen LogP contribution is -2.32. The predicted molar refractivity (Wildman–Crippen MR) is 136 cm³/mol. The molecule has 1 saturated heterocycles. The average Bonchev–Trinajstić information content (AvgIpc) is 3.53. The monoisotopic (exact) mass is 499 g/mol. The van der Waals surface area contributed by atoms with Crippen LogP contribution in [0.2, 0.25) is 0 Å². The highest BCUT2D eigenvalue weighted by Gasteiger charge is 2.33. The lowest BCUT2D eigenvalue weighted by atomic mass is 10.1. The van der Waals surface area contributed by atoms with Crippen LogP contribution in [0.4, 0.5) is 0 Å². The van der Waals surface area contributed by atoms with Crippen molar-refractivity contribution < 1.29 is 28.4 Å². The van der Waals surface area contributed by atoms with E-state index in [0.29, 0.717) is 23.3 Å². The van der Waals surface area contributed by atoms with E-state index in [0.717, 1.165) is 22.4 Å². The average molecular weight is 500 g/mol. The molecule has 37 heavy (non-hydrogen) atoms. The van der Waals surface area contributed by atoms with Gasteiger partial charge in [-0.15, -0.1) is 5.06 Å². The molecule has 9 heteroatoms. The van der Waals surface area contributed by atoms with Gasteiger partial charge in [0.05, 0.1) is 25.4 Å². The number of amides is 2. The summed E-state index contributed by atoms with van der Waals surface area (Å²) in [6.45, 7) is 2.19. The van der Waals surface area contributed by atoms with E-state index in [9.17, 15) is 14.4 Å². The maximum Gasteiger partial charge on any atom is 0.363 e. The Bertz CT molecular complexity index is 1370. The van der Waals surface area contributed by atoms with Crippen molar-refractivity contribution in [3.8, 4) is 17.1 Å². The van der Waals surface area contributed by atoms with Crippen molar-refractivity contribution in [1.29, 1.82) is 0 Å². The lowest BCUT2D eigenvalue weighted by Gasteiger charge is -2.12. The van der Waals surface area contributed by atoms with E-state index in [1.54, 1.807) is 43.8 Å². The molecular weight excluding hydrogens is 474 g/mol. The molecule has 1 fully saturated rings. The normalized spacial score (nSPS) is 14.2. The molecule has 2 heterocycles. The number of imide groups is 1. The van der Waals surface area contributed by atoms with Crippen LogP contribution in [0.15, 0.2) is 82.4 Å². The molecule has 0 saturated carbocycles. The minimum atomic E-state index is -0.777. The maximum atomic E-state index is 12.4. The van der Waals surface area contributed by atoms with Gasteiger partial charge in [-0.05, 0) is 55.0 Å². The zero-order valence-electron chi connectivity index (χ0n) is 20.4. The van der Waals surface area contributed by atoms with Crippen LogP contribution in [0.3, 0.4) is 0 Å². The molecule has 0 unspecified atom stereocenters. The number of carbonyl (C=O) groups excluding carboxylic acids is 3. The molecule has 188 valence electrons. The molecule has 2 aromatic carbocycles. The van der Waals surface area contributed by atoms with Crippen LogP contribution >= 0.6 is 0 Å². The fourth-order valence-corrected chi connectivity index (χ4v) is 3.56. The molecule has 0 N–H and O–H groups in total. The van der Waals surface area contributed by atoms with E-state index < -0.39 is 17.8 Å². The van der Waals surface area contributed by atoms with Gasteiger partial charge in [0.25, 0.3) is 11.8 Å². The smallest absolute Gasteiger partial charge is 0.363 e. The van der Waals surface area contributed by atoms with Gasteiger partial charge >= 0.3 is 5.97 Å². The summed E-state index contributed by atoms with van der Waals surface area (Å²) in [6.07, 6.45) is 8.92. The second-order valence-corrected chi connectivity index (χ2v) is 8.03. The van der Waals surface area contributed by atoms with Gasteiger partial charge in [-0.1, -0.05) is 24.3 Å². The SMILES string of the molecule is C/C=C\C(=C/C=NCc1cccc(C(=O)ON2C(=O)CCC2=O)c1)c1ncc(-c2ccc(OC)cc2)o1. The Balaban J connectivity index is 1.42. The van der Waals surface area contributed by atoms with Crippen molar-refractivity contribution in [2.45, 2.75) is 26.3 Å². The van der Waals surface area contributed by atoms with Crippen molar-refractivity contribution in [2.75, 3.05) is 7.11 Å². The van der Waals surface area contributed by atoms with Crippen LogP contribution in [0.1, 0.15) is 41.6 Å². The first kappa shape index (κ1) is 25.3. The number of allylic oxidation sites excluding steroid dienone is 4. The molecule has 1 aliphatic rings. The largest absolute Gasteiger partial charge is 0.497 e. The first-order valence-electron chi connectivity index (χ1n) is 11.6. The summed E-state index contributed by atoms with van der Waals surface area (Å²) in [5.41, 5.74) is 2.59. The Kier molecular flexibility index (Phi) is 8.05. The number of oxazole rings is 1. The summed E-state index contributed by atoms with van der Waals surface area (Å²) in [4.78, 5) is 49.5. The van der Waals surface area contributed by atoms with Gasteiger partial charge in [0.2, 0.25) is 5.89 Å². The van der Waals surface area contributed by atoms with E-state index in [-0.39, 0.29) is 18.4 Å². The fourth-order valence-electron chi connectivity index (χ4n) is 3.56. The topological polar surface area (TPSA) is 111 Å². The molecule has 0 atom stereocenters. The summed E-state index contributed by atoms with van der Waals surface area (Å²) >= 11 is 0. The maximum absolute atomic E-state index is 12.4. The Hall–Kier alpha value is -4.79. The third kappa shape index (κ3) is 6.26. The zero-order valence-corrected chi connectivity index (χ0v) is 20.4. The highest BCUT2D eigenvalue weighted by molar-refractivity contribution is 6.02. The number of aliphatic imine (C=N–C) groups is 1. The first-order chi connectivity index (χ1) is 18.0. The van der Waals surface area contributed by atoms with Crippen LogP contribution in [0.5, 0.6) is 5.75 Å². The highest BCUT2D eigenvalue weighted by atomic mass is 16.7. The van der Waals surface area contributed by atoms with Crippen molar-refractivity contribution in [3.63, 3.8) is 0 Å². The third-order valence-corrected chi connectivity index (χ3v) is 5.45. The van der Waals surface area contributed by atoms with Gasteiger partial charge in [0.15, 0.2) is 5.76 Å². The standard InChI is InChI=1S/C28H25N3O6/c1-3-5-21(27-30-18-24(36-27)20-8-10-23(35-2)11-9-20)14-15-29-17-19-6-4-7-22(16-19)28(34)37-31-25(32)12-13-26(31)33/h3-11,14-16,18H,12-13,17H2,1-2H3/b5-3-,21-14+,29-15?. The van der Waals surface area contributed by atoms with Crippen molar-refractivity contribution in [1.82, 2.24) is 10.0 Å². The van der Waals surface area contributed by atoms with Crippen molar-refractivity contribution in [2.24, 2.45) is 4.99 Å². The van der Waals surface area contributed by atoms with E-state index in [1.165, 1.54) is 0 Å². The van der Waals surface area contributed by atoms with Crippen LogP contribution in [-0.2, 0) is 21.0 Å². The van der Waals surface area contributed by atoms with Gasteiger partial charge in [0.1, 0.15) is 5.75 Å². The number of rotatable bonds is 9. The van der Waals surface area contributed by atoms with Crippen LogP contribution in [0.25, 0.3) is 16.9 Å². The molecule has 1 aromatic heterocycles. The first-order valence-corrected chi connectivity index (χ1v) is 11.6. The quantitative estimate of drug-likeness (QED) is 0.236. The van der Waals surface area contributed by atoms with Crippen LogP contribution in [0, 0.1) is 0 Å². The Labute approximate surface area is 213 Å². The number of carbonyl (C=O) groups is 3. The number of benzene rings is 2. The molecule has 0 spiro atoms. The van der Waals surface area contributed by atoms with Gasteiger partial charge in [-0.2, -0.15) is 0 Å². The molecule has 2 amide bonds. The molecule has 0 radical (unpaired) electrons. The molecule has 9 nitrogen and oxygen atoms in total. The Morgan fingerprint density at radius 2 is 1.89 bits per heavy atom. The van der Waals surface area contributed by atoms with E-state index in [4.69, 9.17) is 14.0 Å². The number of hydrogen-bond acceptors (Lipinski definition) is 8. The van der Waals surface area contributed by atoms with Crippen LogP contribution < -0.4 is 4.74 Å². The number of methoxy groups -OCH3 is 1. The van der Waals surface area contributed by atoms with Gasteiger partial charge in [-0.25, -0.2) is 9.78 Å². The summed E-state index contributed by atoms with van der Waals surface area (Å²) in [5.74, 6) is 0.0156. The second-order valence-electron chi connectivity index (χ2n) is 8.03. The van der Waals surface area contributed by atoms with E-state index >= 15 is 0 Å². The Morgan fingerprint density at radius 1 is 1.14 bits per heavy atom. The zero-order chi connectivity index (χ0) is 26.2. The van der Waals surface area contributed by atoms with Crippen molar-refractivity contribution in [3.05, 3.63) is 90.0 Å². The summed E-state index contributed by atoms with van der Waals surface area (Å²) < 4.78 is 11.1. The number of hydroxylamine groups is 2. The Morgan fingerprint density at radius 3 is 2.59 bits per heavy atom. The number of ether oxygens (including phenoxy) is 1. The summed E-state index contributed by atoms with van der Waals surface area (Å²) in [6, 6.07) is 14.2. The minimum Gasteiger partial charge on any atom is -0.497 e. The minimum absolute atomic E-state index is 0.0416. The highest BCUT2D eigenvalue weighted by Crippen LogP contribution is 2.26. The fraction of sp³-hybridized carbons (Fsp3) is 0.179. The predicted octanol–water partition coefficient (Wildman–Crippen LogP) is 4.80. The van der Waals surface area contributed by atoms with Crippen molar-refractivity contribution >= 4 is 29.6 Å². The van der Waals surface area contributed by atoms with Crippen LogP contribution in [-0.4, -0.2) is 41.2 Å². The molecular formula is C28H25N3O6. The molecule has 0 bridgehead atoms. The van der Waals surface area contributed by atoms with Gasteiger partial charge in [0, 0.05) is 30.2 Å².